The molecule has 8 heteroatoms. The van der Waals surface area contributed by atoms with Gasteiger partial charge in [0.2, 0.25) is 0 Å². The number of nitrogens with one attached hydrogen (secondary N) is 1. The van der Waals surface area contributed by atoms with E-state index in [1.807, 2.05) is 19.2 Å². The number of hydrogen-bond acceptors (Lipinski definition) is 8. The number of rotatable bonds is 33. The number of ether oxygens (including phenoxy) is 4. The Balaban J connectivity index is 3.98. The summed E-state index contributed by atoms with van der Waals surface area (Å²) < 4.78 is 20.7. The van der Waals surface area contributed by atoms with Crippen molar-refractivity contribution in [1.82, 2.24) is 10.2 Å². The van der Waals surface area contributed by atoms with Gasteiger partial charge >= 0.3 is 12.3 Å². The van der Waals surface area contributed by atoms with E-state index < -0.39 is 12.3 Å². The quantitative estimate of drug-likeness (QED) is 0.0426. The van der Waals surface area contributed by atoms with Crippen LogP contribution in [0, 0.1) is 5.92 Å². The summed E-state index contributed by atoms with van der Waals surface area (Å²) in [6.07, 6.45) is 29.9. The van der Waals surface area contributed by atoms with Crippen LogP contribution in [0.1, 0.15) is 142 Å². The molecular weight excluding hydrogens is 580 g/mol. The Morgan fingerprint density at radius 1 is 0.609 bits per heavy atom. The molecule has 0 radical (unpaired) electrons. The summed E-state index contributed by atoms with van der Waals surface area (Å²) in [5, 5.41) is 3.24. The average molecular weight is 653 g/mol. The maximum absolute atomic E-state index is 11.8. The van der Waals surface area contributed by atoms with Crippen molar-refractivity contribution in [3.8, 4) is 0 Å². The third-order valence-corrected chi connectivity index (χ3v) is 8.14. The maximum Gasteiger partial charge on any atom is 0.508 e. The van der Waals surface area contributed by atoms with Crippen molar-refractivity contribution in [3.63, 3.8) is 0 Å². The van der Waals surface area contributed by atoms with Crippen LogP contribution in [0.4, 0.5) is 9.59 Å². The SMILES string of the molecule is CCCCCC/C=C/COC(=O)OCCCCCCC(CCCCCCOC(=O)OC/C=C/CCCCCC)CN(C)CCNC. The number of carbonyl (C=O) groups is 2. The van der Waals surface area contributed by atoms with Gasteiger partial charge < -0.3 is 29.2 Å². The molecule has 8 nitrogen and oxygen atoms in total. The normalized spacial score (nSPS) is 11.7. The Morgan fingerprint density at radius 2 is 1.07 bits per heavy atom. The van der Waals surface area contributed by atoms with E-state index in [-0.39, 0.29) is 13.2 Å². The largest absolute Gasteiger partial charge is 0.508 e. The summed E-state index contributed by atoms with van der Waals surface area (Å²) in [6, 6.07) is 0. The number of nitrogens with zero attached hydrogens (tertiary/aromatic N) is 1. The number of hydrogen-bond donors (Lipinski definition) is 1. The van der Waals surface area contributed by atoms with Crippen LogP contribution in [0.5, 0.6) is 0 Å². The summed E-state index contributed by atoms with van der Waals surface area (Å²) >= 11 is 0. The van der Waals surface area contributed by atoms with Crippen molar-refractivity contribution >= 4 is 12.3 Å². The van der Waals surface area contributed by atoms with Crippen LogP contribution in [0.15, 0.2) is 24.3 Å². The summed E-state index contributed by atoms with van der Waals surface area (Å²) in [4.78, 5) is 26.0. The Kier molecular flexibility index (Phi) is 34.2. The van der Waals surface area contributed by atoms with Crippen molar-refractivity contribution in [2.75, 3.05) is 60.2 Å². The zero-order valence-corrected chi connectivity index (χ0v) is 30.4. The number of allylic oxidation sites excluding steroid dienone is 2. The van der Waals surface area contributed by atoms with Crippen LogP contribution in [0.2, 0.25) is 0 Å². The smallest absolute Gasteiger partial charge is 0.434 e. The third kappa shape index (κ3) is 33.3. The zero-order valence-electron chi connectivity index (χ0n) is 30.4. The molecule has 0 saturated carbocycles. The van der Waals surface area contributed by atoms with Crippen molar-refractivity contribution < 1.29 is 28.5 Å². The van der Waals surface area contributed by atoms with Gasteiger partial charge in [0.1, 0.15) is 13.2 Å². The molecule has 46 heavy (non-hydrogen) atoms. The summed E-state index contributed by atoms with van der Waals surface area (Å²) in [7, 11) is 4.21. The molecule has 0 saturated heterocycles. The fourth-order valence-corrected chi connectivity index (χ4v) is 5.32. The Labute approximate surface area is 283 Å². The van der Waals surface area contributed by atoms with E-state index in [1.165, 1.54) is 77.0 Å². The van der Waals surface area contributed by atoms with Gasteiger partial charge in [-0.15, -0.1) is 0 Å². The molecule has 0 amide bonds. The summed E-state index contributed by atoms with van der Waals surface area (Å²) in [6.45, 7) is 9.01. The minimum Gasteiger partial charge on any atom is -0.434 e. The van der Waals surface area contributed by atoms with Gasteiger partial charge in [0.05, 0.1) is 13.2 Å². The van der Waals surface area contributed by atoms with Gasteiger partial charge in [0.25, 0.3) is 0 Å². The number of likely N-dealkylation sites (N-methyl/N-ethyl adjacent to an activating group) is 2. The second-order valence-electron chi connectivity index (χ2n) is 12.6. The first kappa shape index (κ1) is 43.9. The minimum absolute atomic E-state index is 0.288. The summed E-state index contributed by atoms with van der Waals surface area (Å²) in [5.74, 6) is 0.679. The molecule has 0 aliphatic heterocycles. The van der Waals surface area contributed by atoms with Gasteiger partial charge in [0, 0.05) is 19.6 Å². The van der Waals surface area contributed by atoms with E-state index in [1.54, 1.807) is 0 Å². The lowest BCUT2D eigenvalue weighted by molar-refractivity contribution is 0.0610. The molecule has 0 aliphatic carbocycles. The van der Waals surface area contributed by atoms with Gasteiger partial charge in [-0.2, -0.15) is 0 Å². The molecule has 0 unspecified atom stereocenters. The van der Waals surface area contributed by atoms with E-state index in [0.717, 1.165) is 71.0 Å². The predicted molar refractivity (Wildman–Crippen MR) is 191 cm³/mol. The highest BCUT2D eigenvalue weighted by Crippen LogP contribution is 2.19. The van der Waals surface area contributed by atoms with Crippen LogP contribution in [0.25, 0.3) is 0 Å². The maximum atomic E-state index is 11.8. The first-order valence-corrected chi connectivity index (χ1v) is 18.8. The third-order valence-electron chi connectivity index (χ3n) is 8.14. The van der Waals surface area contributed by atoms with Gasteiger partial charge in [-0.1, -0.05) is 115 Å². The van der Waals surface area contributed by atoms with Gasteiger partial charge in [0.15, 0.2) is 0 Å². The molecule has 0 aliphatic rings. The molecule has 0 aromatic rings. The second kappa shape index (κ2) is 35.8. The molecule has 0 heterocycles. The molecule has 0 bridgehead atoms. The molecular formula is C38H72N2O6. The van der Waals surface area contributed by atoms with Crippen LogP contribution < -0.4 is 5.32 Å². The first-order chi connectivity index (χ1) is 22.5. The molecule has 1 N–H and O–H groups in total. The fraction of sp³-hybridized carbons (Fsp3) is 0.842. The fourth-order valence-electron chi connectivity index (χ4n) is 5.32. The standard InChI is InChI=1S/C38H72N2O6/c1-5-7-9-11-13-17-23-31-43-37(41)45-33-25-19-15-21-27-36(35-40(4)30-29-39-3)28-22-16-20-26-34-46-38(42)44-32-24-18-14-12-10-8-6-2/h17-18,23-24,36,39H,5-16,19-22,25-35H2,1-4H3/b23-17+,24-18+. The highest BCUT2D eigenvalue weighted by Gasteiger charge is 2.12. The Hall–Kier alpha value is -2.06. The van der Waals surface area contributed by atoms with Gasteiger partial charge in [-0.25, -0.2) is 9.59 Å². The monoisotopic (exact) mass is 653 g/mol. The highest BCUT2D eigenvalue weighted by molar-refractivity contribution is 5.60. The minimum atomic E-state index is -0.567. The van der Waals surface area contributed by atoms with Crippen molar-refractivity contribution in [2.24, 2.45) is 5.92 Å². The second-order valence-corrected chi connectivity index (χ2v) is 12.6. The topological polar surface area (TPSA) is 86.3 Å². The van der Waals surface area contributed by atoms with Crippen LogP contribution in [-0.4, -0.2) is 77.4 Å². The average Bonchev–Trinajstić information content (AvgIpc) is 3.05. The molecule has 0 atom stereocenters. The van der Waals surface area contributed by atoms with Crippen molar-refractivity contribution in [2.45, 2.75) is 142 Å². The predicted octanol–water partition coefficient (Wildman–Crippen LogP) is 10.0. The Bertz CT molecular complexity index is 678. The van der Waals surface area contributed by atoms with Crippen molar-refractivity contribution in [3.05, 3.63) is 24.3 Å². The van der Waals surface area contributed by atoms with E-state index in [2.05, 4.69) is 43.3 Å². The number of carbonyl (C=O) groups excluding carboxylic acids is 2. The lowest BCUT2D eigenvalue weighted by Gasteiger charge is -2.24. The summed E-state index contributed by atoms with van der Waals surface area (Å²) in [5.41, 5.74) is 0. The Morgan fingerprint density at radius 3 is 1.52 bits per heavy atom. The van der Waals surface area contributed by atoms with Gasteiger partial charge in [-0.05, 0) is 71.4 Å². The highest BCUT2D eigenvalue weighted by atomic mass is 16.7. The van der Waals surface area contributed by atoms with Gasteiger partial charge in [-0.3, -0.25) is 0 Å². The molecule has 0 aromatic carbocycles. The van der Waals surface area contributed by atoms with E-state index >= 15 is 0 Å². The number of unbranched alkanes of at least 4 members (excludes halogenated alkanes) is 14. The van der Waals surface area contributed by atoms with Crippen LogP contribution in [-0.2, 0) is 18.9 Å². The van der Waals surface area contributed by atoms with Crippen LogP contribution >= 0.6 is 0 Å². The molecule has 0 rings (SSSR count). The zero-order chi connectivity index (χ0) is 33.8. The van der Waals surface area contributed by atoms with Crippen LogP contribution in [0.3, 0.4) is 0 Å². The molecule has 0 spiro atoms. The van der Waals surface area contributed by atoms with E-state index in [9.17, 15) is 9.59 Å². The lowest BCUT2D eigenvalue weighted by Crippen LogP contribution is -2.31. The van der Waals surface area contributed by atoms with E-state index in [0.29, 0.717) is 19.1 Å². The molecule has 270 valence electrons. The molecule has 0 aromatic heterocycles. The first-order valence-electron chi connectivity index (χ1n) is 18.8. The lowest BCUT2D eigenvalue weighted by atomic mass is 9.94. The van der Waals surface area contributed by atoms with E-state index in [4.69, 9.17) is 18.9 Å². The molecule has 0 fully saturated rings. The van der Waals surface area contributed by atoms with Crippen molar-refractivity contribution in [1.29, 1.82) is 0 Å².